The molecule has 5 nitrogen and oxygen atoms in total. The van der Waals surface area contributed by atoms with Crippen LogP contribution in [-0.4, -0.2) is 15.2 Å². The SMILES string of the molecule is O=c1[nH]nc(F)c(=O)[nH]1. The summed E-state index contributed by atoms with van der Waals surface area (Å²) >= 11 is 0. The fourth-order valence-electron chi connectivity index (χ4n) is 0.333. The summed E-state index contributed by atoms with van der Waals surface area (Å²) in [6.07, 6.45) is 0. The molecule has 0 unspecified atom stereocenters. The second-order valence-corrected chi connectivity index (χ2v) is 1.30. The molecule has 1 heterocycles. The molecule has 0 aliphatic heterocycles. The number of aromatic nitrogens is 3. The van der Waals surface area contributed by atoms with Gasteiger partial charge in [0.1, 0.15) is 0 Å². The number of hydrogen-bond donors (Lipinski definition) is 2. The van der Waals surface area contributed by atoms with Gasteiger partial charge in [-0.1, -0.05) is 0 Å². The van der Waals surface area contributed by atoms with Crippen molar-refractivity contribution < 1.29 is 4.39 Å². The number of nitrogens with zero attached hydrogens (tertiary/aromatic N) is 1. The Morgan fingerprint density at radius 3 is 2.56 bits per heavy atom. The highest BCUT2D eigenvalue weighted by Gasteiger charge is 1.95. The van der Waals surface area contributed by atoms with Gasteiger partial charge in [0, 0.05) is 0 Å². The summed E-state index contributed by atoms with van der Waals surface area (Å²) in [6.45, 7) is 0. The topological polar surface area (TPSA) is 78.6 Å². The summed E-state index contributed by atoms with van der Waals surface area (Å²) in [6, 6.07) is 0. The van der Waals surface area contributed by atoms with Gasteiger partial charge in [-0.15, -0.1) is 5.10 Å². The number of nitrogens with one attached hydrogen (secondary N) is 2. The Morgan fingerprint density at radius 1 is 1.44 bits per heavy atom. The zero-order valence-electron chi connectivity index (χ0n) is 4.14. The highest BCUT2D eigenvalue weighted by molar-refractivity contribution is 4.70. The normalized spacial score (nSPS) is 9.44. The second-order valence-electron chi connectivity index (χ2n) is 1.30. The molecule has 0 spiro atoms. The van der Waals surface area contributed by atoms with Gasteiger partial charge in [-0.3, -0.25) is 9.78 Å². The molecule has 0 bridgehead atoms. The smallest absolute Gasteiger partial charge is 0.269 e. The molecule has 0 saturated carbocycles. The Morgan fingerprint density at radius 2 is 2.11 bits per heavy atom. The van der Waals surface area contributed by atoms with E-state index in [1.54, 1.807) is 10.1 Å². The molecule has 2 N–H and O–H groups in total. The van der Waals surface area contributed by atoms with E-state index in [2.05, 4.69) is 5.10 Å². The lowest BCUT2D eigenvalue weighted by molar-refractivity contribution is 0.534. The maximum Gasteiger partial charge on any atom is 0.342 e. The van der Waals surface area contributed by atoms with E-state index in [0.29, 0.717) is 0 Å². The lowest BCUT2D eigenvalue weighted by Crippen LogP contribution is -2.26. The molecule has 0 radical (unpaired) electrons. The number of aromatic amines is 2. The van der Waals surface area contributed by atoms with Crippen LogP contribution in [-0.2, 0) is 0 Å². The number of hydrogen-bond acceptors (Lipinski definition) is 3. The van der Waals surface area contributed by atoms with Crippen LogP contribution in [0.4, 0.5) is 4.39 Å². The van der Waals surface area contributed by atoms with Gasteiger partial charge in [0.25, 0.3) is 5.95 Å². The molecule has 6 heteroatoms. The molecule has 0 atom stereocenters. The van der Waals surface area contributed by atoms with Crippen LogP contribution in [0.3, 0.4) is 0 Å². The van der Waals surface area contributed by atoms with Crippen molar-refractivity contribution in [3.8, 4) is 0 Å². The van der Waals surface area contributed by atoms with Gasteiger partial charge >= 0.3 is 11.2 Å². The third kappa shape index (κ3) is 1.01. The summed E-state index contributed by atoms with van der Waals surface area (Å²) in [5.41, 5.74) is -1.93. The molecule has 48 valence electrons. The van der Waals surface area contributed by atoms with Crippen molar-refractivity contribution in [1.29, 1.82) is 0 Å². The largest absolute Gasteiger partial charge is 0.342 e. The van der Waals surface area contributed by atoms with Gasteiger partial charge in [0.15, 0.2) is 0 Å². The Hall–Kier alpha value is -1.46. The van der Waals surface area contributed by atoms with Crippen LogP contribution in [0.25, 0.3) is 0 Å². The number of H-pyrrole nitrogens is 2. The fraction of sp³-hybridized carbons (Fsp3) is 0. The average molecular weight is 131 g/mol. The molecule has 0 saturated heterocycles. The standard InChI is InChI=1S/C3H2FN3O2/c4-1-2(8)5-3(9)7-6-1/h(H2,5,7,8,9). The lowest BCUT2D eigenvalue weighted by Gasteiger charge is -1.80. The maximum atomic E-state index is 11.9. The Kier molecular flexibility index (Phi) is 1.14. The molecule has 0 fully saturated rings. The minimum atomic E-state index is -1.24. The lowest BCUT2D eigenvalue weighted by atomic mass is 10.8. The first-order valence-corrected chi connectivity index (χ1v) is 2.04. The van der Waals surface area contributed by atoms with Crippen molar-refractivity contribution in [2.45, 2.75) is 0 Å². The summed E-state index contributed by atoms with van der Waals surface area (Å²) in [7, 11) is 0. The summed E-state index contributed by atoms with van der Waals surface area (Å²) in [4.78, 5) is 21.9. The molecular formula is C3H2FN3O2. The average Bonchev–Trinajstić information content (AvgIpc) is 1.80. The fourth-order valence-corrected chi connectivity index (χ4v) is 0.333. The van der Waals surface area contributed by atoms with Crippen molar-refractivity contribution in [2.75, 3.05) is 0 Å². The Balaban J connectivity index is 3.52. The Bertz CT molecular complexity index is 313. The first-order valence-electron chi connectivity index (χ1n) is 2.04. The Labute approximate surface area is 47.5 Å². The minimum Gasteiger partial charge on any atom is -0.269 e. The van der Waals surface area contributed by atoms with Crippen LogP contribution in [0.1, 0.15) is 0 Å². The molecule has 9 heavy (non-hydrogen) atoms. The van der Waals surface area contributed by atoms with E-state index in [9.17, 15) is 14.0 Å². The third-order valence-corrected chi connectivity index (χ3v) is 0.670. The number of rotatable bonds is 0. The number of halogens is 1. The molecule has 1 aromatic rings. The molecule has 1 rings (SSSR count). The van der Waals surface area contributed by atoms with Crippen molar-refractivity contribution >= 4 is 0 Å². The molecule has 0 aromatic carbocycles. The van der Waals surface area contributed by atoms with Crippen molar-refractivity contribution in [3.63, 3.8) is 0 Å². The van der Waals surface area contributed by atoms with Gasteiger partial charge < -0.3 is 0 Å². The van der Waals surface area contributed by atoms with E-state index < -0.39 is 17.2 Å². The third-order valence-electron chi connectivity index (χ3n) is 0.670. The predicted octanol–water partition coefficient (Wildman–Crippen LogP) is -1.40. The van der Waals surface area contributed by atoms with Gasteiger partial charge in [-0.25, -0.2) is 9.89 Å². The van der Waals surface area contributed by atoms with E-state index in [1.165, 1.54) is 0 Å². The van der Waals surface area contributed by atoms with Crippen LogP contribution < -0.4 is 11.2 Å². The highest BCUT2D eigenvalue weighted by Crippen LogP contribution is 1.66. The van der Waals surface area contributed by atoms with Crippen LogP contribution in [0.2, 0.25) is 0 Å². The van der Waals surface area contributed by atoms with Crippen LogP contribution in [0.5, 0.6) is 0 Å². The molecular weight excluding hydrogens is 129 g/mol. The van der Waals surface area contributed by atoms with E-state index in [4.69, 9.17) is 0 Å². The molecule has 0 amide bonds. The molecule has 1 aromatic heterocycles. The zero-order chi connectivity index (χ0) is 6.85. The van der Waals surface area contributed by atoms with Crippen LogP contribution >= 0.6 is 0 Å². The summed E-state index contributed by atoms with van der Waals surface area (Å²) < 4.78 is 11.9. The van der Waals surface area contributed by atoms with E-state index >= 15 is 0 Å². The van der Waals surface area contributed by atoms with Gasteiger partial charge in [-0.2, -0.15) is 4.39 Å². The van der Waals surface area contributed by atoms with E-state index in [-0.39, 0.29) is 0 Å². The first kappa shape index (κ1) is 5.67. The van der Waals surface area contributed by atoms with Gasteiger partial charge in [0.05, 0.1) is 0 Å². The second kappa shape index (κ2) is 1.81. The monoisotopic (exact) mass is 131 g/mol. The van der Waals surface area contributed by atoms with Crippen LogP contribution in [0, 0.1) is 5.95 Å². The van der Waals surface area contributed by atoms with Crippen molar-refractivity contribution in [3.05, 3.63) is 26.8 Å². The van der Waals surface area contributed by atoms with Crippen molar-refractivity contribution in [2.24, 2.45) is 0 Å². The zero-order valence-corrected chi connectivity index (χ0v) is 4.14. The van der Waals surface area contributed by atoms with Crippen molar-refractivity contribution in [1.82, 2.24) is 15.2 Å². The quantitative estimate of drug-likeness (QED) is 0.454. The van der Waals surface area contributed by atoms with Gasteiger partial charge in [0.2, 0.25) is 0 Å². The summed E-state index contributed by atoms with van der Waals surface area (Å²) in [5, 5.41) is 4.43. The minimum absolute atomic E-state index is 0.818. The van der Waals surface area contributed by atoms with E-state index in [1.807, 2.05) is 0 Å². The maximum absolute atomic E-state index is 11.9. The van der Waals surface area contributed by atoms with Gasteiger partial charge in [-0.05, 0) is 0 Å². The first-order chi connectivity index (χ1) is 4.20. The predicted molar refractivity (Wildman–Crippen MR) is 25.4 cm³/mol. The highest BCUT2D eigenvalue weighted by atomic mass is 19.1. The molecule has 0 aliphatic rings. The molecule has 0 aliphatic carbocycles. The van der Waals surface area contributed by atoms with E-state index in [0.717, 1.165) is 0 Å². The summed E-state index contributed by atoms with van der Waals surface area (Å²) in [5.74, 6) is -1.24. The van der Waals surface area contributed by atoms with Crippen LogP contribution in [0.15, 0.2) is 9.59 Å².